The lowest BCUT2D eigenvalue weighted by Crippen LogP contribution is -2.05. The lowest BCUT2D eigenvalue weighted by atomic mass is 10.2. The molecular weight excluding hydrogens is 223 g/mol. The van der Waals surface area contributed by atoms with Gasteiger partial charge in [0.15, 0.2) is 11.6 Å². The van der Waals surface area contributed by atoms with Crippen LogP contribution in [0.3, 0.4) is 0 Å². The molecule has 1 aromatic carbocycles. The van der Waals surface area contributed by atoms with Gasteiger partial charge in [-0.05, 0) is 31.2 Å². The number of halogens is 1. The maximum Gasteiger partial charge on any atom is 0.181 e. The molecule has 0 aliphatic rings. The van der Waals surface area contributed by atoms with Gasteiger partial charge in [-0.3, -0.25) is 4.79 Å². The van der Waals surface area contributed by atoms with E-state index in [0.717, 1.165) is 4.73 Å². The van der Waals surface area contributed by atoms with Crippen LogP contribution in [0.4, 0.5) is 4.39 Å². The number of hydrogen-bond acceptors (Lipinski definition) is 3. The fourth-order valence-electron chi connectivity index (χ4n) is 1.71. The molecule has 0 saturated carbocycles. The van der Waals surface area contributed by atoms with Gasteiger partial charge in [0.05, 0.1) is 5.69 Å². The minimum absolute atomic E-state index is 0.143. The number of imidazole rings is 1. The van der Waals surface area contributed by atoms with Gasteiger partial charge in [0.25, 0.3) is 0 Å². The first-order valence-corrected chi connectivity index (χ1v) is 5.06. The highest BCUT2D eigenvalue weighted by Gasteiger charge is 2.18. The van der Waals surface area contributed by atoms with Gasteiger partial charge >= 0.3 is 0 Å². The Kier molecular flexibility index (Phi) is 2.67. The van der Waals surface area contributed by atoms with Crippen LogP contribution in [-0.2, 0) is 0 Å². The van der Waals surface area contributed by atoms with Crippen molar-refractivity contribution >= 4 is 5.78 Å². The Morgan fingerprint density at radius 3 is 2.41 bits per heavy atom. The monoisotopic (exact) mass is 234 g/mol. The van der Waals surface area contributed by atoms with E-state index < -0.39 is 0 Å². The summed E-state index contributed by atoms with van der Waals surface area (Å²) in [5.74, 6) is -0.410. The molecule has 0 aliphatic heterocycles. The molecule has 1 aromatic heterocycles. The van der Waals surface area contributed by atoms with Gasteiger partial charge in [-0.2, -0.15) is 4.73 Å². The van der Waals surface area contributed by atoms with Crippen LogP contribution in [0.15, 0.2) is 24.3 Å². The summed E-state index contributed by atoms with van der Waals surface area (Å²) in [7, 11) is 0. The van der Waals surface area contributed by atoms with E-state index in [1.807, 2.05) is 0 Å². The second-order valence-electron chi connectivity index (χ2n) is 3.74. The second kappa shape index (κ2) is 4.01. The van der Waals surface area contributed by atoms with Crippen molar-refractivity contribution in [2.45, 2.75) is 13.8 Å². The molecule has 0 spiro atoms. The summed E-state index contributed by atoms with van der Waals surface area (Å²) in [6, 6.07) is 5.53. The summed E-state index contributed by atoms with van der Waals surface area (Å²) in [6.45, 7) is 2.99. The van der Waals surface area contributed by atoms with Crippen molar-refractivity contribution in [3.63, 3.8) is 0 Å². The van der Waals surface area contributed by atoms with E-state index in [4.69, 9.17) is 0 Å². The number of nitrogens with zero attached hydrogens (tertiary/aromatic N) is 2. The minimum atomic E-state index is -0.367. The number of aryl methyl sites for hydroxylation is 1. The maximum atomic E-state index is 12.8. The molecule has 0 fully saturated rings. The van der Waals surface area contributed by atoms with E-state index >= 15 is 0 Å². The standard InChI is InChI=1S/C12H11FN2O2/c1-7-11(8(2)16)15(17)12(14-7)9-3-5-10(13)6-4-9/h3-6,17H,1-2H3. The van der Waals surface area contributed by atoms with E-state index in [1.165, 1.54) is 31.2 Å². The Labute approximate surface area is 97.3 Å². The van der Waals surface area contributed by atoms with Crippen molar-refractivity contribution in [1.82, 2.24) is 9.71 Å². The van der Waals surface area contributed by atoms with Gasteiger partial charge in [-0.1, -0.05) is 0 Å². The van der Waals surface area contributed by atoms with Gasteiger partial charge in [-0.15, -0.1) is 0 Å². The molecule has 2 aromatic rings. The molecule has 0 aliphatic carbocycles. The number of ketones is 1. The largest absolute Gasteiger partial charge is 0.426 e. The van der Waals surface area contributed by atoms with Gasteiger partial charge in [0.1, 0.15) is 11.5 Å². The van der Waals surface area contributed by atoms with Crippen LogP contribution in [-0.4, -0.2) is 20.7 Å². The number of carbonyl (C=O) groups excluding carboxylic acids is 1. The average molecular weight is 234 g/mol. The molecule has 0 atom stereocenters. The molecule has 4 nitrogen and oxygen atoms in total. The van der Waals surface area contributed by atoms with Gasteiger partial charge < -0.3 is 5.21 Å². The number of carbonyl (C=O) groups is 1. The van der Waals surface area contributed by atoms with E-state index in [2.05, 4.69) is 4.98 Å². The molecule has 17 heavy (non-hydrogen) atoms. The van der Waals surface area contributed by atoms with Gasteiger partial charge in [0, 0.05) is 12.5 Å². The van der Waals surface area contributed by atoms with Crippen molar-refractivity contribution in [3.05, 3.63) is 41.5 Å². The number of hydrogen-bond donors (Lipinski definition) is 1. The molecule has 88 valence electrons. The summed E-state index contributed by atoms with van der Waals surface area (Å²) in [5.41, 5.74) is 1.13. The maximum absolute atomic E-state index is 12.8. The third-order valence-corrected chi connectivity index (χ3v) is 2.46. The van der Waals surface area contributed by atoms with E-state index in [-0.39, 0.29) is 23.1 Å². The van der Waals surface area contributed by atoms with Crippen molar-refractivity contribution in [3.8, 4) is 11.4 Å². The van der Waals surface area contributed by atoms with Crippen molar-refractivity contribution < 1.29 is 14.4 Å². The van der Waals surface area contributed by atoms with E-state index in [9.17, 15) is 14.4 Å². The molecule has 5 heteroatoms. The zero-order valence-electron chi connectivity index (χ0n) is 9.44. The molecule has 0 radical (unpaired) electrons. The molecule has 0 saturated heterocycles. The van der Waals surface area contributed by atoms with Crippen LogP contribution in [0.25, 0.3) is 11.4 Å². The minimum Gasteiger partial charge on any atom is -0.426 e. The first kappa shape index (κ1) is 11.3. The van der Waals surface area contributed by atoms with Crippen molar-refractivity contribution in [1.29, 1.82) is 0 Å². The third-order valence-electron chi connectivity index (χ3n) is 2.46. The predicted octanol–water partition coefficient (Wildman–Crippen LogP) is 2.44. The van der Waals surface area contributed by atoms with Crippen LogP contribution < -0.4 is 0 Å². The molecule has 0 bridgehead atoms. The normalized spacial score (nSPS) is 10.5. The summed E-state index contributed by atoms with van der Waals surface area (Å²) in [4.78, 5) is 15.4. The lowest BCUT2D eigenvalue weighted by molar-refractivity contribution is 0.0965. The highest BCUT2D eigenvalue weighted by Crippen LogP contribution is 2.21. The number of aromatic nitrogens is 2. The second-order valence-corrected chi connectivity index (χ2v) is 3.74. The SMILES string of the molecule is CC(=O)c1c(C)nc(-c2ccc(F)cc2)n1O. The molecule has 0 amide bonds. The molecule has 0 unspecified atom stereocenters. The lowest BCUT2D eigenvalue weighted by Gasteiger charge is -2.02. The fourth-order valence-corrected chi connectivity index (χ4v) is 1.71. The van der Waals surface area contributed by atoms with Crippen LogP contribution in [0.1, 0.15) is 23.1 Å². The van der Waals surface area contributed by atoms with E-state index in [1.54, 1.807) is 6.92 Å². The van der Waals surface area contributed by atoms with Crippen LogP contribution in [0.5, 0.6) is 0 Å². The quantitative estimate of drug-likeness (QED) is 0.641. The molecule has 1 N–H and O–H groups in total. The highest BCUT2D eigenvalue weighted by molar-refractivity contribution is 5.94. The van der Waals surface area contributed by atoms with Crippen LogP contribution >= 0.6 is 0 Å². The molecule has 1 heterocycles. The molecule has 2 rings (SSSR count). The predicted molar refractivity (Wildman–Crippen MR) is 59.5 cm³/mol. The first-order chi connectivity index (χ1) is 8.00. The third kappa shape index (κ3) is 1.91. The smallest absolute Gasteiger partial charge is 0.181 e. The Bertz CT molecular complexity index is 573. The van der Waals surface area contributed by atoms with Gasteiger partial charge in [-0.25, -0.2) is 9.37 Å². The Balaban J connectivity index is 2.57. The zero-order valence-corrected chi connectivity index (χ0v) is 9.44. The summed E-state index contributed by atoms with van der Waals surface area (Å²) in [5, 5.41) is 9.84. The zero-order chi connectivity index (χ0) is 12.6. The Hall–Kier alpha value is -2.17. The number of rotatable bonds is 2. The fraction of sp³-hybridized carbons (Fsp3) is 0.167. The summed E-state index contributed by atoms with van der Waals surface area (Å²) in [6.07, 6.45) is 0. The first-order valence-electron chi connectivity index (χ1n) is 5.06. The Morgan fingerprint density at radius 1 is 1.35 bits per heavy atom. The number of Topliss-reactive ketones (excluding diaryl/α,β-unsaturated/α-hetero) is 1. The highest BCUT2D eigenvalue weighted by atomic mass is 19.1. The van der Waals surface area contributed by atoms with Crippen molar-refractivity contribution in [2.24, 2.45) is 0 Å². The van der Waals surface area contributed by atoms with Gasteiger partial charge in [0.2, 0.25) is 0 Å². The van der Waals surface area contributed by atoms with E-state index in [0.29, 0.717) is 11.3 Å². The Morgan fingerprint density at radius 2 is 1.94 bits per heavy atom. The number of benzene rings is 1. The molecular formula is C12H11FN2O2. The average Bonchev–Trinajstić information content (AvgIpc) is 2.55. The van der Waals surface area contributed by atoms with Crippen molar-refractivity contribution in [2.75, 3.05) is 0 Å². The van der Waals surface area contributed by atoms with Crippen LogP contribution in [0.2, 0.25) is 0 Å². The summed E-state index contributed by atoms with van der Waals surface area (Å²) >= 11 is 0. The topological polar surface area (TPSA) is 55.1 Å². The summed E-state index contributed by atoms with van der Waals surface area (Å²) < 4.78 is 13.5. The van der Waals surface area contributed by atoms with Crippen LogP contribution in [0, 0.1) is 12.7 Å².